The first-order valence-electron chi connectivity index (χ1n) is 10.7. The molecule has 0 aliphatic carbocycles. The normalized spacial score (nSPS) is 15.7. The molecule has 2 aromatic carbocycles. The van der Waals surface area contributed by atoms with Gasteiger partial charge in [0.1, 0.15) is 5.82 Å². The molecular formula is C24H25FN4OS. The van der Waals surface area contributed by atoms with Crippen LogP contribution in [0.1, 0.15) is 12.8 Å². The summed E-state index contributed by atoms with van der Waals surface area (Å²) in [5.74, 6) is -0.348. The molecule has 5 nitrogen and oxygen atoms in total. The topological polar surface area (TPSA) is 41.4 Å². The molecule has 0 unspecified atom stereocenters. The zero-order chi connectivity index (χ0) is 21.4. The summed E-state index contributed by atoms with van der Waals surface area (Å²) in [7, 11) is 2.20. The molecule has 5 rings (SSSR count). The third-order valence-corrected chi connectivity index (χ3v) is 7.52. The van der Waals surface area contributed by atoms with Crippen LogP contribution in [0.25, 0.3) is 21.1 Å². The van der Waals surface area contributed by atoms with Crippen molar-refractivity contribution in [3.63, 3.8) is 0 Å². The number of thiophene rings is 1. The van der Waals surface area contributed by atoms with Gasteiger partial charge in [-0.1, -0.05) is 18.2 Å². The number of hydrogen-bond acceptors (Lipinski definition) is 5. The Morgan fingerprint density at radius 1 is 1.13 bits per heavy atom. The van der Waals surface area contributed by atoms with E-state index in [9.17, 15) is 9.18 Å². The Morgan fingerprint density at radius 2 is 1.94 bits per heavy atom. The number of nitrogens with zero attached hydrogens (tertiary/aromatic N) is 4. The van der Waals surface area contributed by atoms with Crippen LogP contribution < -0.4 is 10.5 Å². The third kappa shape index (κ3) is 4.07. The summed E-state index contributed by atoms with van der Waals surface area (Å²) in [6.45, 7) is 3.30. The number of fused-ring (bicyclic) bond motifs is 2. The lowest BCUT2D eigenvalue weighted by Crippen LogP contribution is -2.44. The highest BCUT2D eigenvalue weighted by Gasteiger charge is 2.23. The molecule has 7 heteroatoms. The van der Waals surface area contributed by atoms with Crippen molar-refractivity contribution in [2.75, 3.05) is 31.6 Å². The van der Waals surface area contributed by atoms with E-state index < -0.39 is 0 Å². The molecule has 0 atom stereocenters. The van der Waals surface area contributed by atoms with Gasteiger partial charge in [-0.3, -0.25) is 4.79 Å². The Hall–Kier alpha value is -2.77. The second-order valence-electron chi connectivity index (χ2n) is 8.19. The maximum Gasteiger partial charge on any atom is 0.269 e. The molecule has 0 amide bonds. The average Bonchev–Trinajstić information content (AvgIpc) is 3.23. The zero-order valence-electron chi connectivity index (χ0n) is 17.5. The standard InChI is InChI=1S/C24H25FN4OS/c1-27(24-14-17-4-2-3-5-22(17)31-24)19-8-10-28(11-9-19)12-13-29-21-15-18(25)6-7-20(21)26-16-23(29)30/h2-7,14-16,19H,8-13H2,1H3. The maximum atomic E-state index is 13.7. The van der Waals surface area contributed by atoms with Crippen molar-refractivity contribution in [2.24, 2.45) is 0 Å². The van der Waals surface area contributed by atoms with E-state index >= 15 is 0 Å². The third-order valence-electron chi connectivity index (χ3n) is 6.31. The van der Waals surface area contributed by atoms with Crippen LogP contribution in [0.3, 0.4) is 0 Å². The van der Waals surface area contributed by atoms with E-state index in [1.165, 1.54) is 33.4 Å². The van der Waals surface area contributed by atoms with E-state index in [1.54, 1.807) is 10.6 Å². The van der Waals surface area contributed by atoms with Crippen molar-refractivity contribution in [2.45, 2.75) is 25.4 Å². The van der Waals surface area contributed by atoms with E-state index in [-0.39, 0.29) is 11.4 Å². The lowest BCUT2D eigenvalue weighted by molar-refractivity contribution is 0.204. The van der Waals surface area contributed by atoms with Gasteiger partial charge in [0.2, 0.25) is 0 Å². The summed E-state index contributed by atoms with van der Waals surface area (Å²) in [6, 6.07) is 15.7. The van der Waals surface area contributed by atoms with Crippen molar-refractivity contribution < 1.29 is 4.39 Å². The van der Waals surface area contributed by atoms with Gasteiger partial charge in [0.05, 0.1) is 22.2 Å². The molecule has 1 fully saturated rings. The highest BCUT2D eigenvalue weighted by Crippen LogP contribution is 2.34. The van der Waals surface area contributed by atoms with Gasteiger partial charge < -0.3 is 14.4 Å². The number of piperidine rings is 1. The molecule has 0 N–H and O–H groups in total. The van der Waals surface area contributed by atoms with E-state index in [1.807, 2.05) is 11.3 Å². The predicted octanol–water partition coefficient (Wildman–Crippen LogP) is 4.35. The van der Waals surface area contributed by atoms with Crippen molar-refractivity contribution >= 4 is 37.5 Å². The second kappa shape index (κ2) is 8.40. The number of likely N-dealkylation sites (tertiary alicyclic amines) is 1. The number of halogens is 1. The fourth-order valence-electron chi connectivity index (χ4n) is 4.46. The van der Waals surface area contributed by atoms with Crippen LogP contribution in [0.15, 0.2) is 59.5 Å². The van der Waals surface area contributed by atoms with E-state index in [2.05, 4.69) is 52.2 Å². The summed E-state index contributed by atoms with van der Waals surface area (Å²) in [5.41, 5.74) is 1.02. The smallest absolute Gasteiger partial charge is 0.269 e. The Bertz CT molecular complexity index is 1240. The van der Waals surface area contributed by atoms with Crippen molar-refractivity contribution in [3.05, 3.63) is 70.9 Å². The lowest BCUT2D eigenvalue weighted by Gasteiger charge is -2.37. The quantitative estimate of drug-likeness (QED) is 0.466. The van der Waals surface area contributed by atoms with Gasteiger partial charge in [0.25, 0.3) is 5.56 Å². The minimum absolute atomic E-state index is 0.183. The number of anilines is 1. The highest BCUT2D eigenvalue weighted by molar-refractivity contribution is 7.22. The van der Waals surface area contributed by atoms with Crippen LogP contribution >= 0.6 is 11.3 Å². The molecule has 31 heavy (non-hydrogen) atoms. The molecule has 1 aliphatic heterocycles. The summed E-state index contributed by atoms with van der Waals surface area (Å²) in [5, 5.41) is 2.62. The Balaban J connectivity index is 1.22. The highest BCUT2D eigenvalue weighted by atomic mass is 32.1. The van der Waals surface area contributed by atoms with Gasteiger partial charge in [-0.2, -0.15) is 0 Å². The fourth-order valence-corrected chi connectivity index (χ4v) is 5.55. The first-order valence-corrected chi connectivity index (χ1v) is 11.5. The Kier molecular flexibility index (Phi) is 5.46. The number of hydrogen-bond donors (Lipinski definition) is 0. The maximum absolute atomic E-state index is 13.7. The molecule has 2 aromatic heterocycles. The fraction of sp³-hybridized carbons (Fsp3) is 0.333. The SMILES string of the molecule is CN(c1cc2ccccc2s1)C1CCN(CCn2c(=O)cnc3ccc(F)cc32)CC1. The summed E-state index contributed by atoms with van der Waals surface area (Å²) >= 11 is 1.85. The molecule has 0 spiro atoms. The minimum atomic E-state index is -0.348. The number of benzene rings is 2. The molecular weight excluding hydrogens is 411 g/mol. The van der Waals surface area contributed by atoms with E-state index in [0.29, 0.717) is 23.6 Å². The van der Waals surface area contributed by atoms with Gasteiger partial charge in [-0.25, -0.2) is 9.37 Å². The van der Waals surface area contributed by atoms with Crippen molar-refractivity contribution in [3.8, 4) is 0 Å². The Morgan fingerprint density at radius 3 is 2.74 bits per heavy atom. The molecule has 160 valence electrons. The molecule has 0 bridgehead atoms. The molecule has 3 heterocycles. The Labute approximate surface area is 184 Å². The van der Waals surface area contributed by atoms with E-state index in [0.717, 1.165) is 32.5 Å². The first-order chi connectivity index (χ1) is 15.1. The molecule has 1 saturated heterocycles. The molecule has 0 saturated carbocycles. The average molecular weight is 437 g/mol. The van der Waals surface area contributed by atoms with Gasteiger partial charge in [0, 0.05) is 44.0 Å². The first kappa shape index (κ1) is 20.2. The summed E-state index contributed by atoms with van der Waals surface area (Å²) < 4.78 is 16.7. The molecule has 4 aromatic rings. The monoisotopic (exact) mass is 436 g/mol. The number of aromatic nitrogens is 2. The molecule has 0 radical (unpaired) electrons. The van der Waals surface area contributed by atoms with Gasteiger partial charge in [-0.05, 0) is 48.6 Å². The van der Waals surface area contributed by atoms with Gasteiger partial charge in [0.15, 0.2) is 0 Å². The van der Waals surface area contributed by atoms with Crippen LogP contribution in [0.2, 0.25) is 0 Å². The van der Waals surface area contributed by atoms with Crippen molar-refractivity contribution in [1.82, 2.24) is 14.5 Å². The van der Waals surface area contributed by atoms with Crippen LogP contribution in [-0.4, -0.2) is 47.2 Å². The minimum Gasteiger partial charge on any atom is -0.363 e. The summed E-state index contributed by atoms with van der Waals surface area (Å²) in [6.07, 6.45) is 3.50. The predicted molar refractivity (Wildman–Crippen MR) is 126 cm³/mol. The van der Waals surface area contributed by atoms with Crippen LogP contribution in [-0.2, 0) is 6.54 Å². The van der Waals surface area contributed by atoms with E-state index in [4.69, 9.17) is 0 Å². The van der Waals surface area contributed by atoms with Crippen molar-refractivity contribution in [1.29, 1.82) is 0 Å². The summed E-state index contributed by atoms with van der Waals surface area (Å²) in [4.78, 5) is 21.3. The lowest BCUT2D eigenvalue weighted by atomic mass is 10.0. The zero-order valence-corrected chi connectivity index (χ0v) is 18.3. The van der Waals surface area contributed by atoms with Crippen LogP contribution in [0.4, 0.5) is 9.39 Å². The second-order valence-corrected chi connectivity index (χ2v) is 9.25. The molecule has 1 aliphatic rings. The number of rotatable bonds is 5. The largest absolute Gasteiger partial charge is 0.363 e. The van der Waals surface area contributed by atoms with Crippen LogP contribution in [0.5, 0.6) is 0 Å². The van der Waals surface area contributed by atoms with Crippen LogP contribution in [0, 0.1) is 5.82 Å². The van der Waals surface area contributed by atoms with Gasteiger partial charge in [-0.15, -0.1) is 11.3 Å². The van der Waals surface area contributed by atoms with Gasteiger partial charge >= 0.3 is 0 Å².